The van der Waals surface area contributed by atoms with Crippen LogP contribution in [0.3, 0.4) is 0 Å². The summed E-state index contributed by atoms with van der Waals surface area (Å²) < 4.78 is 43.7. The number of aromatic nitrogens is 1. The van der Waals surface area contributed by atoms with Gasteiger partial charge >= 0.3 is 6.18 Å². The van der Waals surface area contributed by atoms with E-state index >= 15 is 0 Å². The molecule has 0 unspecified atom stereocenters. The van der Waals surface area contributed by atoms with E-state index in [1.807, 2.05) is 30.3 Å². The number of ether oxygens (including phenoxy) is 1. The highest BCUT2D eigenvalue weighted by Crippen LogP contribution is 2.35. The molecule has 4 nitrogen and oxygen atoms in total. The van der Waals surface area contributed by atoms with Gasteiger partial charge in [-0.2, -0.15) is 13.2 Å². The smallest absolute Gasteiger partial charge is 0.416 e. The van der Waals surface area contributed by atoms with Crippen LogP contribution in [0.4, 0.5) is 18.9 Å². The lowest BCUT2D eigenvalue weighted by molar-refractivity contribution is -0.137. The second-order valence-corrected chi connectivity index (χ2v) is 5.54. The Morgan fingerprint density at radius 1 is 1.04 bits per heavy atom. The molecule has 134 valence electrons. The van der Waals surface area contributed by atoms with Crippen LogP contribution >= 0.6 is 0 Å². The number of rotatable bonds is 4. The number of amides is 1. The molecule has 1 amide bonds. The maximum atomic E-state index is 12.9. The van der Waals surface area contributed by atoms with Crippen LogP contribution < -0.4 is 10.1 Å². The van der Waals surface area contributed by atoms with Gasteiger partial charge in [0.2, 0.25) is 0 Å². The van der Waals surface area contributed by atoms with E-state index < -0.39 is 17.6 Å². The number of alkyl halides is 3. The number of nitrogens with one attached hydrogen (secondary N) is 2. The predicted molar refractivity (Wildman–Crippen MR) is 92.2 cm³/mol. The average Bonchev–Trinajstić information content (AvgIpc) is 3.12. The summed E-state index contributed by atoms with van der Waals surface area (Å²) in [7, 11) is 1.32. The fourth-order valence-corrected chi connectivity index (χ4v) is 2.49. The van der Waals surface area contributed by atoms with Crippen LogP contribution in [0.25, 0.3) is 11.1 Å². The molecule has 1 aromatic heterocycles. The molecular formula is C19H15F3N2O2. The normalized spacial score (nSPS) is 11.2. The van der Waals surface area contributed by atoms with Crippen LogP contribution in [-0.2, 0) is 6.18 Å². The van der Waals surface area contributed by atoms with Crippen molar-refractivity contribution in [1.29, 1.82) is 0 Å². The molecule has 2 aromatic carbocycles. The lowest BCUT2D eigenvalue weighted by Gasteiger charge is -2.13. The van der Waals surface area contributed by atoms with Gasteiger partial charge in [-0.15, -0.1) is 0 Å². The molecule has 0 atom stereocenters. The van der Waals surface area contributed by atoms with E-state index in [0.29, 0.717) is 0 Å². The Balaban J connectivity index is 1.85. The molecule has 3 aromatic rings. The number of carbonyl (C=O) groups excluding carboxylic acids is 1. The Kier molecular flexibility index (Phi) is 4.71. The lowest BCUT2D eigenvalue weighted by atomic mass is 10.1. The molecule has 0 aliphatic heterocycles. The highest BCUT2D eigenvalue weighted by Gasteiger charge is 2.31. The first-order valence-electron chi connectivity index (χ1n) is 7.69. The van der Waals surface area contributed by atoms with Crippen molar-refractivity contribution in [3.8, 4) is 16.9 Å². The quantitative estimate of drug-likeness (QED) is 0.691. The molecular weight excluding hydrogens is 345 g/mol. The Morgan fingerprint density at radius 3 is 2.42 bits per heavy atom. The monoisotopic (exact) mass is 360 g/mol. The summed E-state index contributed by atoms with van der Waals surface area (Å²) in [5, 5.41) is 2.46. The first-order valence-corrected chi connectivity index (χ1v) is 7.69. The molecule has 0 aliphatic carbocycles. The number of anilines is 1. The Morgan fingerprint density at radius 2 is 1.77 bits per heavy atom. The summed E-state index contributed by atoms with van der Waals surface area (Å²) in [6, 6.07) is 13.9. The molecule has 26 heavy (non-hydrogen) atoms. The van der Waals surface area contributed by atoms with Crippen molar-refractivity contribution in [3.05, 3.63) is 72.1 Å². The van der Waals surface area contributed by atoms with Crippen molar-refractivity contribution in [1.82, 2.24) is 4.98 Å². The number of hydrogen-bond acceptors (Lipinski definition) is 2. The Hall–Kier alpha value is -3.22. The molecule has 0 radical (unpaired) electrons. The summed E-state index contributed by atoms with van der Waals surface area (Å²) in [4.78, 5) is 15.2. The van der Waals surface area contributed by atoms with E-state index in [0.717, 1.165) is 23.3 Å². The molecule has 1 heterocycles. The van der Waals surface area contributed by atoms with E-state index in [2.05, 4.69) is 10.3 Å². The van der Waals surface area contributed by atoms with E-state index in [4.69, 9.17) is 4.74 Å². The maximum Gasteiger partial charge on any atom is 0.416 e. The van der Waals surface area contributed by atoms with Crippen molar-refractivity contribution in [2.75, 3.05) is 12.4 Å². The van der Waals surface area contributed by atoms with Gasteiger partial charge in [0, 0.05) is 6.20 Å². The zero-order chi connectivity index (χ0) is 18.7. The van der Waals surface area contributed by atoms with Gasteiger partial charge in [0.1, 0.15) is 11.4 Å². The van der Waals surface area contributed by atoms with Crippen molar-refractivity contribution in [2.45, 2.75) is 6.18 Å². The number of H-pyrrole nitrogens is 1. The number of halogens is 3. The largest absolute Gasteiger partial charge is 0.495 e. The van der Waals surface area contributed by atoms with Crippen molar-refractivity contribution < 1.29 is 22.7 Å². The van der Waals surface area contributed by atoms with Gasteiger partial charge in [0.05, 0.1) is 18.4 Å². The standard InChI is InChI=1S/C19H15F3N2O2/c1-26-17-8-7-14(19(20,21)22)10-15(17)24-18(25)16-9-13(11-23-16)12-5-3-2-4-6-12/h2-11,23H,1H3,(H,24,25). The fourth-order valence-electron chi connectivity index (χ4n) is 2.49. The zero-order valence-corrected chi connectivity index (χ0v) is 13.7. The van der Waals surface area contributed by atoms with Crippen molar-refractivity contribution in [2.24, 2.45) is 0 Å². The summed E-state index contributed by atoms with van der Waals surface area (Å²) >= 11 is 0. The SMILES string of the molecule is COc1ccc(C(F)(F)F)cc1NC(=O)c1cc(-c2ccccc2)c[nH]1. The minimum absolute atomic E-state index is 0.0526. The van der Waals surface area contributed by atoms with Crippen LogP contribution in [0.5, 0.6) is 5.75 Å². The first-order chi connectivity index (χ1) is 12.4. The maximum absolute atomic E-state index is 12.9. The number of methoxy groups -OCH3 is 1. The third kappa shape index (κ3) is 3.72. The summed E-state index contributed by atoms with van der Waals surface area (Å²) in [5.74, 6) is -0.425. The highest BCUT2D eigenvalue weighted by atomic mass is 19.4. The fraction of sp³-hybridized carbons (Fsp3) is 0.105. The molecule has 7 heteroatoms. The van der Waals surface area contributed by atoms with Crippen LogP contribution in [0, 0.1) is 0 Å². The Bertz CT molecular complexity index is 918. The van der Waals surface area contributed by atoms with Crippen LogP contribution in [0.1, 0.15) is 16.1 Å². The van der Waals surface area contributed by atoms with Crippen molar-refractivity contribution >= 4 is 11.6 Å². The molecule has 0 saturated carbocycles. The van der Waals surface area contributed by atoms with Gasteiger partial charge in [0.25, 0.3) is 5.91 Å². The van der Waals surface area contributed by atoms with Gasteiger partial charge < -0.3 is 15.0 Å². The van der Waals surface area contributed by atoms with Gasteiger partial charge in [0.15, 0.2) is 0 Å². The first kappa shape index (κ1) is 17.6. The molecule has 0 saturated heterocycles. The second-order valence-electron chi connectivity index (χ2n) is 5.54. The number of aromatic amines is 1. The van der Waals surface area contributed by atoms with Gasteiger partial charge in [-0.1, -0.05) is 30.3 Å². The predicted octanol–water partition coefficient (Wildman–Crippen LogP) is 4.96. The summed E-state index contributed by atoms with van der Waals surface area (Å²) in [5.41, 5.74) is 1.02. The van der Waals surface area contributed by atoms with Gasteiger partial charge in [-0.25, -0.2) is 0 Å². The number of hydrogen-bond donors (Lipinski definition) is 2. The molecule has 3 rings (SSSR count). The molecule has 0 bridgehead atoms. The van der Waals surface area contributed by atoms with E-state index in [9.17, 15) is 18.0 Å². The Labute approximate surface area is 147 Å². The average molecular weight is 360 g/mol. The third-order valence-corrected chi connectivity index (χ3v) is 3.81. The minimum atomic E-state index is -4.52. The van der Waals surface area contributed by atoms with Crippen molar-refractivity contribution in [3.63, 3.8) is 0 Å². The van der Waals surface area contributed by atoms with Gasteiger partial charge in [-0.3, -0.25) is 4.79 Å². The molecule has 0 aliphatic rings. The molecule has 0 fully saturated rings. The summed E-state index contributed by atoms with van der Waals surface area (Å²) in [6.45, 7) is 0. The topological polar surface area (TPSA) is 54.1 Å². The van der Waals surface area contributed by atoms with Gasteiger partial charge in [-0.05, 0) is 35.4 Å². The lowest BCUT2D eigenvalue weighted by Crippen LogP contribution is -2.14. The zero-order valence-electron chi connectivity index (χ0n) is 13.7. The van der Waals surface area contributed by atoms with E-state index in [1.165, 1.54) is 13.2 Å². The van der Waals surface area contributed by atoms with Crippen LogP contribution in [0.2, 0.25) is 0 Å². The molecule has 2 N–H and O–H groups in total. The number of carbonyl (C=O) groups is 1. The third-order valence-electron chi connectivity index (χ3n) is 3.81. The second kappa shape index (κ2) is 6.95. The highest BCUT2D eigenvalue weighted by molar-refractivity contribution is 6.04. The molecule has 0 spiro atoms. The van der Waals surface area contributed by atoms with E-state index in [-0.39, 0.29) is 17.1 Å². The minimum Gasteiger partial charge on any atom is -0.495 e. The van der Waals surface area contributed by atoms with E-state index in [1.54, 1.807) is 12.3 Å². The number of benzene rings is 2. The summed E-state index contributed by atoms with van der Waals surface area (Å²) in [6.07, 6.45) is -2.85. The van der Waals surface area contributed by atoms with Crippen LogP contribution in [-0.4, -0.2) is 18.0 Å². The van der Waals surface area contributed by atoms with Crippen LogP contribution in [0.15, 0.2) is 60.8 Å².